The molecule has 1 heterocycles. The SMILES string of the molecule is Cc1ccc2c(c1)C(NC(=O)c1cc(O)c3ccccc3c1)CO2. The summed E-state index contributed by atoms with van der Waals surface area (Å²) in [6, 6.07) is 16.5. The lowest BCUT2D eigenvalue weighted by Crippen LogP contribution is -2.29. The molecule has 4 rings (SSSR count). The number of hydrogen-bond donors (Lipinski definition) is 2. The summed E-state index contributed by atoms with van der Waals surface area (Å²) in [6.45, 7) is 2.43. The van der Waals surface area contributed by atoms with E-state index in [4.69, 9.17) is 4.74 Å². The molecule has 0 bridgehead atoms. The molecule has 0 saturated heterocycles. The number of aryl methyl sites for hydroxylation is 1. The number of hydrogen-bond acceptors (Lipinski definition) is 3. The summed E-state index contributed by atoms with van der Waals surface area (Å²) in [5.41, 5.74) is 2.56. The van der Waals surface area contributed by atoms with E-state index in [1.807, 2.05) is 49.4 Å². The Hall–Kier alpha value is -3.01. The number of carbonyl (C=O) groups excluding carboxylic acids is 1. The third-order valence-electron chi connectivity index (χ3n) is 4.35. The van der Waals surface area contributed by atoms with E-state index < -0.39 is 0 Å². The molecule has 4 nitrogen and oxygen atoms in total. The van der Waals surface area contributed by atoms with Crippen LogP contribution in [0.3, 0.4) is 0 Å². The van der Waals surface area contributed by atoms with Gasteiger partial charge in [0.1, 0.15) is 18.1 Å². The van der Waals surface area contributed by atoms with Crippen molar-refractivity contribution in [1.29, 1.82) is 0 Å². The van der Waals surface area contributed by atoms with Crippen LogP contribution in [0, 0.1) is 6.92 Å². The number of aromatic hydroxyl groups is 1. The highest BCUT2D eigenvalue weighted by Crippen LogP contribution is 2.33. The van der Waals surface area contributed by atoms with Crippen molar-refractivity contribution in [2.75, 3.05) is 6.61 Å². The summed E-state index contributed by atoms with van der Waals surface area (Å²) in [7, 11) is 0. The minimum Gasteiger partial charge on any atom is -0.507 e. The van der Waals surface area contributed by atoms with Crippen LogP contribution >= 0.6 is 0 Å². The Kier molecular flexibility index (Phi) is 3.38. The lowest BCUT2D eigenvalue weighted by Gasteiger charge is -2.13. The van der Waals surface area contributed by atoms with Crippen LogP contribution in [0.4, 0.5) is 0 Å². The molecule has 1 aliphatic heterocycles. The Bertz CT molecular complexity index is 949. The molecule has 2 N–H and O–H groups in total. The molecule has 3 aromatic rings. The monoisotopic (exact) mass is 319 g/mol. The number of benzene rings is 3. The Labute approximate surface area is 139 Å². The van der Waals surface area contributed by atoms with Gasteiger partial charge in [0, 0.05) is 16.5 Å². The molecule has 0 spiro atoms. The first-order valence-electron chi connectivity index (χ1n) is 7.88. The minimum absolute atomic E-state index is 0.108. The maximum Gasteiger partial charge on any atom is 0.252 e. The van der Waals surface area contributed by atoms with Gasteiger partial charge in [-0.05, 0) is 30.5 Å². The molecule has 4 heteroatoms. The zero-order chi connectivity index (χ0) is 16.7. The first kappa shape index (κ1) is 14.6. The molecule has 0 fully saturated rings. The summed E-state index contributed by atoms with van der Waals surface area (Å²) in [4.78, 5) is 12.6. The van der Waals surface area contributed by atoms with Gasteiger partial charge in [0.05, 0.1) is 6.04 Å². The van der Waals surface area contributed by atoms with E-state index in [1.165, 1.54) is 6.07 Å². The van der Waals surface area contributed by atoms with Gasteiger partial charge >= 0.3 is 0 Å². The van der Waals surface area contributed by atoms with Crippen LogP contribution in [-0.2, 0) is 0 Å². The van der Waals surface area contributed by atoms with Gasteiger partial charge < -0.3 is 15.2 Å². The van der Waals surface area contributed by atoms with Gasteiger partial charge in [-0.3, -0.25) is 4.79 Å². The number of carbonyl (C=O) groups is 1. The van der Waals surface area contributed by atoms with Crippen molar-refractivity contribution in [3.05, 3.63) is 71.3 Å². The van der Waals surface area contributed by atoms with Gasteiger partial charge in [-0.15, -0.1) is 0 Å². The maximum atomic E-state index is 12.6. The number of nitrogens with one attached hydrogen (secondary N) is 1. The van der Waals surface area contributed by atoms with Crippen molar-refractivity contribution in [2.45, 2.75) is 13.0 Å². The van der Waals surface area contributed by atoms with Crippen molar-refractivity contribution in [2.24, 2.45) is 0 Å². The van der Waals surface area contributed by atoms with Crippen LogP contribution in [0.25, 0.3) is 10.8 Å². The van der Waals surface area contributed by atoms with Crippen LogP contribution in [0.15, 0.2) is 54.6 Å². The highest BCUT2D eigenvalue weighted by Gasteiger charge is 2.26. The zero-order valence-electron chi connectivity index (χ0n) is 13.2. The summed E-state index contributed by atoms with van der Waals surface area (Å²) in [6.07, 6.45) is 0. The average Bonchev–Trinajstić information content (AvgIpc) is 2.97. The number of fused-ring (bicyclic) bond motifs is 2. The summed E-state index contributed by atoms with van der Waals surface area (Å²) < 4.78 is 5.63. The predicted molar refractivity (Wildman–Crippen MR) is 92.5 cm³/mol. The smallest absolute Gasteiger partial charge is 0.252 e. The molecule has 1 unspecified atom stereocenters. The normalized spacial score (nSPS) is 15.8. The van der Waals surface area contributed by atoms with Crippen LogP contribution in [0.2, 0.25) is 0 Å². The van der Waals surface area contributed by atoms with Gasteiger partial charge in [0.2, 0.25) is 0 Å². The molecule has 120 valence electrons. The second-order valence-electron chi connectivity index (χ2n) is 6.09. The predicted octanol–water partition coefficient (Wildman–Crippen LogP) is 3.72. The largest absolute Gasteiger partial charge is 0.507 e. The van der Waals surface area contributed by atoms with Crippen LogP contribution < -0.4 is 10.1 Å². The number of rotatable bonds is 2. The molecular formula is C20H17NO3. The fourth-order valence-electron chi connectivity index (χ4n) is 3.12. The molecular weight excluding hydrogens is 302 g/mol. The van der Waals surface area contributed by atoms with Crippen LogP contribution in [0.1, 0.15) is 27.5 Å². The standard InChI is InChI=1S/C20H17NO3/c1-12-6-7-19-16(8-12)17(11-24-19)21-20(23)14-9-13-4-2-3-5-15(13)18(22)10-14/h2-10,17,22H,11H2,1H3,(H,21,23). The number of ether oxygens (including phenoxy) is 1. The quantitative estimate of drug-likeness (QED) is 0.757. The van der Waals surface area contributed by atoms with Crippen molar-refractivity contribution < 1.29 is 14.6 Å². The second-order valence-corrected chi connectivity index (χ2v) is 6.09. The van der Waals surface area contributed by atoms with Crippen LogP contribution in [0.5, 0.6) is 11.5 Å². The fraction of sp³-hybridized carbons (Fsp3) is 0.150. The van der Waals surface area contributed by atoms with Crippen molar-refractivity contribution in [3.63, 3.8) is 0 Å². The van der Waals surface area contributed by atoms with E-state index in [-0.39, 0.29) is 17.7 Å². The molecule has 3 aromatic carbocycles. The summed E-state index contributed by atoms with van der Waals surface area (Å²) in [5.74, 6) is 0.698. The Balaban J connectivity index is 1.63. The van der Waals surface area contributed by atoms with Gasteiger partial charge in [0.25, 0.3) is 5.91 Å². The molecule has 0 aliphatic carbocycles. The van der Waals surface area contributed by atoms with Crippen molar-refractivity contribution in [3.8, 4) is 11.5 Å². The summed E-state index contributed by atoms with van der Waals surface area (Å²) >= 11 is 0. The van der Waals surface area contributed by atoms with E-state index in [0.717, 1.165) is 27.6 Å². The molecule has 1 aliphatic rings. The summed E-state index contributed by atoms with van der Waals surface area (Å²) in [5, 5.41) is 14.7. The van der Waals surface area contributed by atoms with Gasteiger partial charge in [-0.25, -0.2) is 0 Å². The Morgan fingerprint density at radius 2 is 2.00 bits per heavy atom. The molecule has 0 saturated carbocycles. The molecule has 24 heavy (non-hydrogen) atoms. The van der Waals surface area contributed by atoms with E-state index in [1.54, 1.807) is 6.07 Å². The first-order chi connectivity index (χ1) is 11.6. The van der Waals surface area contributed by atoms with Gasteiger partial charge in [0.15, 0.2) is 0 Å². The topological polar surface area (TPSA) is 58.6 Å². The van der Waals surface area contributed by atoms with E-state index in [2.05, 4.69) is 5.32 Å². The molecule has 0 aromatic heterocycles. The van der Waals surface area contributed by atoms with Crippen molar-refractivity contribution >= 4 is 16.7 Å². The minimum atomic E-state index is -0.223. The van der Waals surface area contributed by atoms with Gasteiger partial charge in [-0.2, -0.15) is 0 Å². The first-order valence-corrected chi connectivity index (χ1v) is 7.88. The van der Waals surface area contributed by atoms with Crippen molar-refractivity contribution in [1.82, 2.24) is 5.32 Å². The third kappa shape index (κ3) is 2.46. The Morgan fingerprint density at radius 1 is 1.17 bits per heavy atom. The zero-order valence-corrected chi connectivity index (χ0v) is 13.2. The van der Waals surface area contributed by atoms with Gasteiger partial charge in [-0.1, -0.05) is 42.0 Å². The number of phenols is 1. The number of amides is 1. The maximum absolute atomic E-state index is 12.6. The lowest BCUT2D eigenvalue weighted by molar-refractivity contribution is 0.0930. The average molecular weight is 319 g/mol. The molecule has 1 atom stereocenters. The third-order valence-corrected chi connectivity index (χ3v) is 4.35. The van der Waals surface area contributed by atoms with Crippen LogP contribution in [-0.4, -0.2) is 17.6 Å². The highest BCUT2D eigenvalue weighted by molar-refractivity contribution is 6.01. The number of phenolic OH excluding ortho intramolecular Hbond substituents is 1. The van der Waals surface area contributed by atoms with E-state index >= 15 is 0 Å². The Morgan fingerprint density at radius 3 is 2.88 bits per heavy atom. The highest BCUT2D eigenvalue weighted by atomic mass is 16.5. The lowest BCUT2D eigenvalue weighted by atomic mass is 10.0. The molecule has 1 amide bonds. The van der Waals surface area contributed by atoms with E-state index in [0.29, 0.717) is 12.2 Å². The second kappa shape index (κ2) is 5.57. The fourth-order valence-corrected chi connectivity index (χ4v) is 3.12. The molecule has 0 radical (unpaired) electrons. The van der Waals surface area contributed by atoms with E-state index in [9.17, 15) is 9.90 Å².